The van der Waals surface area contributed by atoms with Gasteiger partial charge in [-0.3, -0.25) is 5.43 Å². The van der Waals surface area contributed by atoms with Crippen molar-refractivity contribution in [1.29, 1.82) is 0 Å². The summed E-state index contributed by atoms with van der Waals surface area (Å²) in [6.45, 7) is 0. The van der Waals surface area contributed by atoms with Crippen LogP contribution in [0.25, 0.3) is 0 Å². The van der Waals surface area contributed by atoms with Crippen LogP contribution >= 0.6 is 0 Å². The van der Waals surface area contributed by atoms with Gasteiger partial charge < -0.3 is 14.0 Å². The first kappa shape index (κ1) is 12.3. The van der Waals surface area contributed by atoms with Gasteiger partial charge in [-0.1, -0.05) is 0 Å². The Hall–Kier alpha value is -2.17. The molecule has 5 heteroatoms. The Kier molecular flexibility index (Phi) is 3.41. The lowest BCUT2D eigenvalue weighted by molar-refractivity contribution is 0.736. The molecule has 96 valence electrons. The van der Waals surface area contributed by atoms with E-state index in [1.807, 2.05) is 61.9 Å². The second-order valence-corrected chi connectivity index (χ2v) is 4.48. The minimum atomic E-state index is 0.867. The normalized spacial score (nSPS) is 10.2. The van der Waals surface area contributed by atoms with E-state index in [1.54, 1.807) is 0 Å². The van der Waals surface area contributed by atoms with Crippen LogP contribution in [0.1, 0.15) is 0 Å². The summed E-state index contributed by atoms with van der Waals surface area (Å²) in [5, 5.41) is 4.37. The van der Waals surface area contributed by atoms with Crippen molar-refractivity contribution in [3.63, 3.8) is 0 Å². The molecular weight excluding hydrogens is 226 g/mol. The average Bonchev–Trinajstić information content (AvgIpc) is 2.67. The fourth-order valence-corrected chi connectivity index (χ4v) is 1.69. The van der Waals surface area contributed by atoms with E-state index in [0.29, 0.717) is 0 Å². The lowest BCUT2D eigenvalue weighted by Gasteiger charge is -2.12. The third-order valence-corrected chi connectivity index (χ3v) is 2.81. The zero-order valence-corrected chi connectivity index (χ0v) is 11.3. The van der Waals surface area contributed by atoms with Gasteiger partial charge in [-0.05, 0) is 24.3 Å². The first-order chi connectivity index (χ1) is 8.58. The minimum absolute atomic E-state index is 0.867. The molecule has 1 aromatic carbocycles. The molecule has 2 aromatic rings. The van der Waals surface area contributed by atoms with E-state index >= 15 is 0 Å². The number of anilines is 2. The zero-order chi connectivity index (χ0) is 13.1. The quantitative estimate of drug-likeness (QED) is 0.829. The van der Waals surface area contributed by atoms with Gasteiger partial charge in [0, 0.05) is 46.3 Å². The van der Waals surface area contributed by atoms with Crippen molar-refractivity contribution in [3.05, 3.63) is 42.3 Å². The van der Waals surface area contributed by atoms with Crippen LogP contribution in [0.4, 0.5) is 11.4 Å². The molecule has 0 amide bonds. The Morgan fingerprint density at radius 3 is 2.06 bits per heavy atom. The van der Waals surface area contributed by atoms with E-state index in [1.165, 1.54) is 5.69 Å². The molecular formula is C13H19N5. The number of aryl methyl sites for hydroxylation is 2. The fourth-order valence-electron chi connectivity index (χ4n) is 1.69. The maximum Gasteiger partial charge on any atom is 0.226 e. The second-order valence-electron chi connectivity index (χ2n) is 4.48. The number of imidazole rings is 1. The van der Waals surface area contributed by atoms with Gasteiger partial charge in [0.05, 0.1) is 5.69 Å². The number of hydrogen-bond acceptors (Lipinski definition) is 3. The lowest BCUT2D eigenvalue weighted by atomic mass is 10.3. The third-order valence-electron chi connectivity index (χ3n) is 2.81. The molecule has 0 saturated carbocycles. The Morgan fingerprint density at radius 2 is 1.56 bits per heavy atom. The van der Waals surface area contributed by atoms with Crippen molar-refractivity contribution < 1.29 is 0 Å². The molecule has 0 unspecified atom stereocenters. The highest BCUT2D eigenvalue weighted by molar-refractivity contribution is 5.53. The van der Waals surface area contributed by atoms with Gasteiger partial charge in [-0.2, -0.15) is 0 Å². The molecule has 0 fully saturated rings. The summed E-state index contributed by atoms with van der Waals surface area (Å²) in [5.41, 5.74) is 6.07. The molecule has 0 aliphatic carbocycles. The molecule has 5 nitrogen and oxygen atoms in total. The zero-order valence-electron chi connectivity index (χ0n) is 11.3. The van der Waals surface area contributed by atoms with E-state index < -0.39 is 0 Å². The summed E-state index contributed by atoms with van der Waals surface area (Å²) in [5.74, 6) is 0. The first-order valence-corrected chi connectivity index (χ1v) is 5.83. The van der Waals surface area contributed by atoms with Gasteiger partial charge in [-0.25, -0.2) is 0 Å². The van der Waals surface area contributed by atoms with Gasteiger partial charge in [-0.15, -0.1) is 5.10 Å². The van der Waals surface area contributed by atoms with Crippen LogP contribution in [0.2, 0.25) is 0 Å². The fraction of sp³-hybridized carbons (Fsp3) is 0.308. The van der Waals surface area contributed by atoms with E-state index in [-0.39, 0.29) is 0 Å². The van der Waals surface area contributed by atoms with Gasteiger partial charge in [0.1, 0.15) is 0 Å². The molecule has 0 aliphatic heterocycles. The Bertz CT molecular complexity index is 552. The van der Waals surface area contributed by atoms with Crippen molar-refractivity contribution in [2.75, 3.05) is 24.4 Å². The molecule has 1 N–H and O–H groups in total. The Balaban J connectivity index is 2.18. The van der Waals surface area contributed by atoms with E-state index in [2.05, 4.69) is 27.6 Å². The van der Waals surface area contributed by atoms with Crippen molar-refractivity contribution in [3.8, 4) is 0 Å². The molecule has 0 aliphatic rings. The van der Waals surface area contributed by atoms with Crippen LogP contribution in [0, 0.1) is 0 Å². The van der Waals surface area contributed by atoms with Gasteiger partial charge in [0.15, 0.2) is 0 Å². The molecule has 0 spiro atoms. The van der Waals surface area contributed by atoms with E-state index in [4.69, 9.17) is 0 Å². The molecule has 0 atom stereocenters. The van der Waals surface area contributed by atoms with Crippen molar-refractivity contribution in [2.45, 2.75) is 0 Å². The number of hydrogen-bond donors (Lipinski definition) is 1. The number of nitrogens with one attached hydrogen (secondary N) is 1. The Labute approximate surface area is 107 Å². The predicted octanol–water partition coefficient (Wildman–Crippen LogP) is 1.36. The summed E-state index contributed by atoms with van der Waals surface area (Å²) in [6, 6.07) is 8.15. The Morgan fingerprint density at radius 1 is 1.00 bits per heavy atom. The number of nitrogens with zero attached hydrogens (tertiary/aromatic N) is 4. The standard InChI is InChI=1S/C13H19N5/c1-16(2)12-7-5-11(6-8-12)14-15-13-17(3)9-10-18(13)4/h5-10,14H,1-4H3. The summed E-state index contributed by atoms with van der Waals surface area (Å²) in [6.07, 6.45) is 3.94. The second kappa shape index (κ2) is 5.00. The maximum absolute atomic E-state index is 4.37. The molecule has 2 rings (SSSR count). The van der Waals surface area contributed by atoms with Gasteiger partial charge >= 0.3 is 0 Å². The largest absolute Gasteiger partial charge is 0.378 e. The minimum Gasteiger partial charge on any atom is -0.378 e. The molecule has 0 saturated heterocycles. The first-order valence-electron chi connectivity index (χ1n) is 5.83. The van der Waals surface area contributed by atoms with Crippen molar-refractivity contribution in [2.24, 2.45) is 19.2 Å². The van der Waals surface area contributed by atoms with Gasteiger partial charge in [0.2, 0.25) is 5.62 Å². The van der Waals surface area contributed by atoms with Gasteiger partial charge in [0.25, 0.3) is 0 Å². The predicted molar refractivity (Wildman–Crippen MR) is 74.3 cm³/mol. The monoisotopic (exact) mass is 245 g/mol. The van der Waals surface area contributed by atoms with E-state index in [9.17, 15) is 0 Å². The van der Waals surface area contributed by atoms with Crippen LogP contribution in [0.5, 0.6) is 0 Å². The molecule has 0 radical (unpaired) electrons. The topological polar surface area (TPSA) is 37.5 Å². The number of aromatic nitrogens is 2. The van der Waals surface area contributed by atoms with Crippen LogP contribution in [0.3, 0.4) is 0 Å². The van der Waals surface area contributed by atoms with Crippen molar-refractivity contribution >= 4 is 11.4 Å². The number of benzene rings is 1. The molecule has 18 heavy (non-hydrogen) atoms. The van der Waals surface area contributed by atoms with Crippen LogP contribution in [-0.2, 0) is 14.1 Å². The van der Waals surface area contributed by atoms with E-state index in [0.717, 1.165) is 11.3 Å². The van der Waals surface area contributed by atoms with Crippen molar-refractivity contribution in [1.82, 2.24) is 9.13 Å². The molecule has 0 bridgehead atoms. The summed E-state index contributed by atoms with van der Waals surface area (Å²) in [4.78, 5) is 2.07. The highest BCUT2D eigenvalue weighted by Gasteiger charge is 1.96. The maximum atomic E-state index is 4.37. The third kappa shape index (κ3) is 2.56. The van der Waals surface area contributed by atoms with Crippen LogP contribution < -0.4 is 15.9 Å². The summed E-state index contributed by atoms with van der Waals surface area (Å²) >= 11 is 0. The molecule has 1 aromatic heterocycles. The highest BCUT2D eigenvalue weighted by Crippen LogP contribution is 2.15. The molecule has 1 heterocycles. The SMILES string of the molecule is CN(C)c1ccc(NN=c2n(C)ccn2C)cc1. The smallest absolute Gasteiger partial charge is 0.226 e. The summed E-state index contributed by atoms with van der Waals surface area (Å²) < 4.78 is 3.92. The van der Waals surface area contributed by atoms with Crippen LogP contribution in [-0.4, -0.2) is 23.2 Å². The average molecular weight is 245 g/mol. The summed E-state index contributed by atoms with van der Waals surface area (Å²) in [7, 11) is 7.98. The lowest BCUT2D eigenvalue weighted by Crippen LogP contribution is -2.23. The highest BCUT2D eigenvalue weighted by atomic mass is 15.3. The van der Waals surface area contributed by atoms with Crippen LogP contribution in [0.15, 0.2) is 41.8 Å². The number of rotatable bonds is 3.